The highest BCUT2D eigenvalue weighted by atomic mass is 19.4. The standard InChI is InChI=1S/C15H12F3NO2/c1-9-6-10-7-12(3-4-13(10)20-9)21-14-5-2-11(8-19-14)15(16,17)18/h2-5,7-9H,6H2,1H3. The van der Waals surface area contributed by atoms with E-state index < -0.39 is 11.7 Å². The molecule has 2 heterocycles. The second-order valence-corrected chi connectivity index (χ2v) is 4.89. The minimum Gasteiger partial charge on any atom is -0.490 e. The van der Waals surface area contributed by atoms with Crippen molar-refractivity contribution in [3.05, 3.63) is 47.7 Å². The Balaban J connectivity index is 1.77. The average Bonchev–Trinajstić information content (AvgIpc) is 2.78. The molecular formula is C15H12F3NO2. The van der Waals surface area contributed by atoms with Crippen LogP contribution in [0.25, 0.3) is 0 Å². The Kier molecular flexibility index (Phi) is 3.23. The molecule has 1 aliphatic heterocycles. The van der Waals surface area contributed by atoms with Crippen LogP contribution in [0, 0.1) is 0 Å². The first-order valence-corrected chi connectivity index (χ1v) is 6.42. The van der Waals surface area contributed by atoms with Crippen molar-refractivity contribution in [1.82, 2.24) is 4.98 Å². The summed E-state index contributed by atoms with van der Waals surface area (Å²) in [6, 6.07) is 7.46. The maximum absolute atomic E-state index is 12.4. The zero-order valence-corrected chi connectivity index (χ0v) is 11.1. The van der Waals surface area contributed by atoms with E-state index in [1.54, 1.807) is 12.1 Å². The lowest BCUT2D eigenvalue weighted by Crippen LogP contribution is -2.05. The van der Waals surface area contributed by atoms with Gasteiger partial charge in [-0.1, -0.05) is 0 Å². The molecule has 1 aromatic heterocycles. The third-order valence-corrected chi connectivity index (χ3v) is 3.15. The second-order valence-electron chi connectivity index (χ2n) is 4.89. The normalized spacial score (nSPS) is 17.2. The number of fused-ring (bicyclic) bond motifs is 1. The van der Waals surface area contributed by atoms with E-state index in [4.69, 9.17) is 9.47 Å². The van der Waals surface area contributed by atoms with Crippen LogP contribution in [0.15, 0.2) is 36.5 Å². The summed E-state index contributed by atoms with van der Waals surface area (Å²) >= 11 is 0. The smallest absolute Gasteiger partial charge is 0.417 e. The van der Waals surface area contributed by atoms with Crippen molar-refractivity contribution >= 4 is 0 Å². The van der Waals surface area contributed by atoms with Gasteiger partial charge in [0, 0.05) is 24.2 Å². The van der Waals surface area contributed by atoms with Crippen molar-refractivity contribution < 1.29 is 22.6 Å². The molecular weight excluding hydrogens is 283 g/mol. The van der Waals surface area contributed by atoms with Crippen molar-refractivity contribution in [2.75, 3.05) is 0 Å². The van der Waals surface area contributed by atoms with E-state index in [-0.39, 0.29) is 12.0 Å². The van der Waals surface area contributed by atoms with Crippen LogP contribution in [0.4, 0.5) is 13.2 Å². The number of pyridine rings is 1. The summed E-state index contributed by atoms with van der Waals surface area (Å²) in [7, 11) is 0. The molecule has 0 saturated heterocycles. The molecule has 110 valence electrons. The summed E-state index contributed by atoms with van der Waals surface area (Å²) in [5.41, 5.74) is 0.220. The fourth-order valence-electron chi connectivity index (χ4n) is 2.19. The highest BCUT2D eigenvalue weighted by Crippen LogP contribution is 2.34. The number of aromatic nitrogens is 1. The first-order chi connectivity index (χ1) is 9.91. The van der Waals surface area contributed by atoms with Gasteiger partial charge in [0.25, 0.3) is 0 Å². The Hall–Kier alpha value is -2.24. The number of rotatable bonds is 2. The number of alkyl halides is 3. The van der Waals surface area contributed by atoms with Gasteiger partial charge in [0.05, 0.1) is 5.56 Å². The molecule has 0 saturated carbocycles. The van der Waals surface area contributed by atoms with E-state index in [0.717, 1.165) is 30.0 Å². The third-order valence-electron chi connectivity index (χ3n) is 3.15. The van der Waals surface area contributed by atoms with Gasteiger partial charge in [0.15, 0.2) is 0 Å². The molecule has 0 bridgehead atoms. The van der Waals surface area contributed by atoms with Crippen molar-refractivity contribution in [3.63, 3.8) is 0 Å². The minimum absolute atomic E-state index is 0.120. The van der Waals surface area contributed by atoms with Crippen molar-refractivity contribution in [1.29, 1.82) is 0 Å². The molecule has 6 heteroatoms. The predicted octanol–water partition coefficient (Wildman–Crippen LogP) is 4.22. The Labute approximate surface area is 119 Å². The molecule has 0 aliphatic carbocycles. The molecule has 1 aromatic carbocycles. The second kappa shape index (κ2) is 4.95. The molecule has 1 unspecified atom stereocenters. The highest BCUT2D eigenvalue weighted by Gasteiger charge is 2.30. The van der Waals surface area contributed by atoms with Crippen LogP contribution in [-0.2, 0) is 12.6 Å². The average molecular weight is 295 g/mol. The number of benzene rings is 1. The molecule has 0 N–H and O–H groups in total. The largest absolute Gasteiger partial charge is 0.490 e. The summed E-state index contributed by atoms with van der Waals surface area (Å²) in [5.74, 6) is 1.46. The zero-order valence-electron chi connectivity index (χ0n) is 11.1. The van der Waals surface area contributed by atoms with Crippen LogP contribution >= 0.6 is 0 Å². The molecule has 1 aliphatic rings. The number of hydrogen-bond acceptors (Lipinski definition) is 3. The van der Waals surface area contributed by atoms with Gasteiger partial charge in [-0.05, 0) is 31.2 Å². The molecule has 21 heavy (non-hydrogen) atoms. The fraction of sp³-hybridized carbons (Fsp3) is 0.267. The SMILES string of the molecule is CC1Cc2cc(Oc3ccc(C(F)(F)F)cn3)ccc2O1. The minimum atomic E-state index is -4.40. The zero-order chi connectivity index (χ0) is 15.0. The first kappa shape index (κ1) is 13.7. The van der Waals surface area contributed by atoms with E-state index >= 15 is 0 Å². The summed E-state index contributed by atoms with van der Waals surface area (Å²) < 4.78 is 48.4. The maximum Gasteiger partial charge on any atom is 0.417 e. The molecule has 3 rings (SSSR count). The Bertz CT molecular complexity index is 653. The Morgan fingerprint density at radius 3 is 2.71 bits per heavy atom. The van der Waals surface area contributed by atoms with Crippen LogP contribution < -0.4 is 9.47 Å². The lowest BCUT2D eigenvalue weighted by Gasteiger charge is -2.08. The Morgan fingerprint density at radius 1 is 1.24 bits per heavy atom. The van der Waals surface area contributed by atoms with Crippen molar-refractivity contribution in [3.8, 4) is 17.4 Å². The summed E-state index contributed by atoms with van der Waals surface area (Å²) in [5, 5.41) is 0. The molecule has 1 atom stereocenters. The summed E-state index contributed by atoms with van der Waals surface area (Å²) in [4.78, 5) is 3.68. The van der Waals surface area contributed by atoms with Gasteiger partial charge in [-0.15, -0.1) is 0 Å². The van der Waals surface area contributed by atoms with Gasteiger partial charge in [-0.2, -0.15) is 13.2 Å². The van der Waals surface area contributed by atoms with Gasteiger partial charge in [-0.3, -0.25) is 0 Å². The topological polar surface area (TPSA) is 31.4 Å². The van der Waals surface area contributed by atoms with Crippen LogP contribution in [0.5, 0.6) is 17.4 Å². The van der Waals surface area contributed by atoms with E-state index in [2.05, 4.69) is 4.98 Å². The number of nitrogens with zero attached hydrogens (tertiary/aromatic N) is 1. The quantitative estimate of drug-likeness (QED) is 0.831. The predicted molar refractivity (Wildman–Crippen MR) is 69.5 cm³/mol. The molecule has 0 amide bonds. The molecule has 3 nitrogen and oxygen atoms in total. The number of halogens is 3. The summed E-state index contributed by atoms with van der Waals surface area (Å²) in [6.45, 7) is 1.97. The van der Waals surface area contributed by atoms with Gasteiger partial charge in [0.1, 0.15) is 17.6 Å². The fourth-order valence-corrected chi connectivity index (χ4v) is 2.19. The van der Waals surface area contributed by atoms with E-state index in [1.165, 1.54) is 6.07 Å². The number of ether oxygens (including phenoxy) is 2. The van der Waals surface area contributed by atoms with Crippen molar-refractivity contribution in [2.24, 2.45) is 0 Å². The summed E-state index contributed by atoms with van der Waals surface area (Å²) in [6.07, 6.45) is -2.73. The van der Waals surface area contributed by atoms with Crippen LogP contribution in [0.2, 0.25) is 0 Å². The van der Waals surface area contributed by atoms with E-state index in [0.29, 0.717) is 5.75 Å². The molecule has 0 spiro atoms. The van der Waals surface area contributed by atoms with Crippen LogP contribution in [-0.4, -0.2) is 11.1 Å². The van der Waals surface area contributed by atoms with E-state index in [9.17, 15) is 13.2 Å². The van der Waals surface area contributed by atoms with Crippen molar-refractivity contribution in [2.45, 2.75) is 25.6 Å². The van der Waals surface area contributed by atoms with Gasteiger partial charge < -0.3 is 9.47 Å². The first-order valence-electron chi connectivity index (χ1n) is 6.42. The van der Waals surface area contributed by atoms with E-state index in [1.807, 2.05) is 13.0 Å². The van der Waals surface area contributed by atoms with Crippen LogP contribution in [0.3, 0.4) is 0 Å². The Morgan fingerprint density at radius 2 is 2.05 bits per heavy atom. The maximum atomic E-state index is 12.4. The van der Waals surface area contributed by atoms with Gasteiger partial charge >= 0.3 is 6.18 Å². The van der Waals surface area contributed by atoms with Gasteiger partial charge in [0.2, 0.25) is 5.88 Å². The molecule has 2 aromatic rings. The molecule has 0 fully saturated rings. The number of hydrogen-bond donors (Lipinski definition) is 0. The monoisotopic (exact) mass is 295 g/mol. The lowest BCUT2D eigenvalue weighted by molar-refractivity contribution is -0.137. The molecule has 0 radical (unpaired) electrons. The van der Waals surface area contributed by atoms with Gasteiger partial charge in [-0.25, -0.2) is 4.98 Å². The highest BCUT2D eigenvalue weighted by molar-refractivity contribution is 5.44. The van der Waals surface area contributed by atoms with Crippen LogP contribution in [0.1, 0.15) is 18.1 Å². The third kappa shape index (κ3) is 2.94. The lowest BCUT2D eigenvalue weighted by atomic mass is 10.1.